The topological polar surface area (TPSA) is 79.8 Å². The van der Waals surface area contributed by atoms with Crippen molar-refractivity contribution >= 4 is 5.97 Å². The highest BCUT2D eigenvalue weighted by Crippen LogP contribution is 2.15. The van der Waals surface area contributed by atoms with Crippen LogP contribution in [0.25, 0.3) is 0 Å². The Morgan fingerprint density at radius 3 is 2.71 bits per heavy atom. The number of hydrogen-bond donors (Lipinski definition) is 3. The molecule has 0 spiro atoms. The van der Waals surface area contributed by atoms with Crippen LogP contribution >= 0.6 is 0 Å². The molecule has 0 radical (unpaired) electrons. The summed E-state index contributed by atoms with van der Waals surface area (Å²) in [4.78, 5) is 10.7. The maximum Gasteiger partial charge on any atom is 0.305 e. The normalized spacial score (nSPS) is 17.7. The number of carbonyl (C=O) groups is 1. The van der Waals surface area contributed by atoms with Gasteiger partial charge in [0.2, 0.25) is 0 Å². The number of aliphatic carboxylic acids is 1. The van der Waals surface area contributed by atoms with Gasteiger partial charge in [0.25, 0.3) is 0 Å². The molecule has 1 rings (SSSR count). The molecule has 0 aromatic carbocycles. The van der Waals surface area contributed by atoms with Crippen LogP contribution in [0.4, 0.5) is 0 Å². The van der Waals surface area contributed by atoms with Gasteiger partial charge in [0.15, 0.2) is 0 Å². The van der Waals surface area contributed by atoms with Gasteiger partial charge in [0.05, 0.1) is 25.2 Å². The molecule has 0 aromatic rings. The summed E-state index contributed by atoms with van der Waals surface area (Å²) < 4.78 is 10.2. The molecule has 17 heavy (non-hydrogen) atoms. The summed E-state index contributed by atoms with van der Waals surface area (Å²) in [5, 5.41) is 15.2. The lowest BCUT2D eigenvalue weighted by Gasteiger charge is -2.42. The summed E-state index contributed by atoms with van der Waals surface area (Å²) in [5.74, 6) is -0.754. The van der Waals surface area contributed by atoms with Gasteiger partial charge >= 0.3 is 5.97 Å². The number of carboxylic acids is 1. The first kappa shape index (κ1) is 14.4. The fourth-order valence-electron chi connectivity index (χ4n) is 1.80. The number of carboxylic acid groups (broad SMARTS) is 1. The van der Waals surface area contributed by atoms with Gasteiger partial charge < -0.3 is 25.2 Å². The monoisotopic (exact) mass is 246 g/mol. The minimum atomic E-state index is -0.754. The molecule has 3 N–H and O–H groups in total. The summed E-state index contributed by atoms with van der Waals surface area (Å²) in [7, 11) is 1.64. The second kappa shape index (κ2) is 7.60. The van der Waals surface area contributed by atoms with E-state index in [1.54, 1.807) is 7.11 Å². The summed E-state index contributed by atoms with van der Waals surface area (Å²) in [5.41, 5.74) is -0.252. The zero-order chi connectivity index (χ0) is 12.6. The molecule has 1 aliphatic rings. The van der Waals surface area contributed by atoms with Crippen molar-refractivity contribution in [3.8, 4) is 0 Å². The lowest BCUT2D eigenvalue weighted by atomic mass is 9.88. The van der Waals surface area contributed by atoms with Crippen molar-refractivity contribution in [1.29, 1.82) is 0 Å². The van der Waals surface area contributed by atoms with Gasteiger partial charge in [-0.05, 0) is 13.0 Å². The summed E-state index contributed by atoms with van der Waals surface area (Å²) in [6.07, 6.45) is 1.05. The van der Waals surface area contributed by atoms with Crippen molar-refractivity contribution in [1.82, 2.24) is 10.6 Å². The molecule has 1 saturated heterocycles. The highest BCUT2D eigenvalue weighted by atomic mass is 16.5. The van der Waals surface area contributed by atoms with Crippen LogP contribution in [-0.4, -0.2) is 63.2 Å². The number of nitrogens with one attached hydrogen (secondary N) is 2. The number of ether oxygens (including phenoxy) is 2. The Morgan fingerprint density at radius 2 is 2.18 bits per heavy atom. The van der Waals surface area contributed by atoms with Crippen LogP contribution in [-0.2, 0) is 14.3 Å². The third-order valence-corrected chi connectivity index (χ3v) is 2.81. The third-order valence-electron chi connectivity index (χ3n) is 2.81. The molecule has 1 heterocycles. The molecule has 0 saturated carbocycles. The Hall–Kier alpha value is -0.690. The van der Waals surface area contributed by atoms with Crippen molar-refractivity contribution in [2.75, 3.05) is 46.6 Å². The van der Waals surface area contributed by atoms with E-state index in [-0.39, 0.29) is 12.0 Å². The molecule has 0 aromatic heterocycles. The van der Waals surface area contributed by atoms with E-state index in [1.165, 1.54) is 0 Å². The zero-order valence-corrected chi connectivity index (χ0v) is 10.3. The van der Waals surface area contributed by atoms with Crippen molar-refractivity contribution in [3.63, 3.8) is 0 Å². The quantitative estimate of drug-likeness (QED) is 0.449. The first-order valence-corrected chi connectivity index (χ1v) is 5.93. The lowest BCUT2D eigenvalue weighted by Crippen LogP contribution is -2.68. The van der Waals surface area contributed by atoms with Gasteiger partial charge in [0, 0.05) is 26.8 Å². The van der Waals surface area contributed by atoms with E-state index in [9.17, 15) is 4.79 Å². The molecule has 0 unspecified atom stereocenters. The minimum Gasteiger partial charge on any atom is -0.481 e. The standard InChI is InChI=1S/C11H22N2O4/c1-16-5-6-17-4-2-3-13-11(7-10(14)15)8-12-9-11/h12-13H,2-9H2,1H3,(H,14,15). The zero-order valence-electron chi connectivity index (χ0n) is 10.3. The summed E-state index contributed by atoms with van der Waals surface area (Å²) in [6, 6.07) is 0. The average molecular weight is 246 g/mol. The molecular formula is C11H22N2O4. The van der Waals surface area contributed by atoms with Crippen molar-refractivity contribution in [2.24, 2.45) is 0 Å². The van der Waals surface area contributed by atoms with Gasteiger partial charge in [-0.25, -0.2) is 0 Å². The van der Waals surface area contributed by atoms with E-state index in [1.807, 2.05) is 0 Å². The maximum absolute atomic E-state index is 10.7. The highest BCUT2D eigenvalue weighted by Gasteiger charge is 2.38. The molecule has 0 aliphatic carbocycles. The van der Waals surface area contributed by atoms with E-state index in [0.29, 0.717) is 19.8 Å². The Labute approximate surface area is 102 Å². The van der Waals surface area contributed by atoms with Gasteiger partial charge in [-0.2, -0.15) is 0 Å². The van der Waals surface area contributed by atoms with E-state index in [4.69, 9.17) is 14.6 Å². The van der Waals surface area contributed by atoms with Crippen molar-refractivity contribution in [3.05, 3.63) is 0 Å². The molecule has 0 atom stereocenters. The van der Waals surface area contributed by atoms with E-state index >= 15 is 0 Å². The van der Waals surface area contributed by atoms with Crippen LogP contribution in [0.3, 0.4) is 0 Å². The Kier molecular flexibility index (Phi) is 6.43. The first-order valence-electron chi connectivity index (χ1n) is 5.93. The summed E-state index contributed by atoms with van der Waals surface area (Å²) in [6.45, 7) is 4.13. The maximum atomic E-state index is 10.7. The molecule has 0 bridgehead atoms. The van der Waals surface area contributed by atoms with E-state index in [2.05, 4.69) is 10.6 Å². The number of methoxy groups -OCH3 is 1. The Balaban J connectivity index is 2.02. The highest BCUT2D eigenvalue weighted by molar-refractivity contribution is 5.68. The fraction of sp³-hybridized carbons (Fsp3) is 0.909. The molecule has 6 heteroatoms. The molecule has 1 aliphatic heterocycles. The average Bonchev–Trinajstić information content (AvgIpc) is 2.23. The second-order valence-electron chi connectivity index (χ2n) is 4.34. The smallest absolute Gasteiger partial charge is 0.305 e. The predicted octanol–water partition coefficient (Wildman–Crippen LogP) is -0.554. The van der Waals surface area contributed by atoms with Gasteiger partial charge in [-0.3, -0.25) is 4.79 Å². The van der Waals surface area contributed by atoms with E-state index < -0.39 is 5.97 Å². The van der Waals surface area contributed by atoms with Crippen LogP contribution in [0.2, 0.25) is 0 Å². The molecule has 0 amide bonds. The second-order valence-corrected chi connectivity index (χ2v) is 4.34. The molecule has 100 valence electrons. The van der Waals surface area contributed by atoms with Crippen molar-refractivity contribution < 1.29 is 19.4 Å². The largest absolute Gasteiger partial charge is 0.481 e. The number of hydrogen-bond acceptors (Lipinski definition) is 5. The van der Waals surface area contributed by atoms with Gasteiger partial charge in [0.1, 0.15) is 0 Å². The Bertz CT molecular complexity index is 232. The van der Waals surface area contributed by atoms with Crippen molar-refractivity contribution in [2.45, 2.75) is 18.4 Å². The lowest BCUT2D eigenvalue weighted by molar-refractivity contribution is -0.139. The third kappa shape index (κ3) is 5.45. The SMILES string of the molecule is COCCOCCCNC1(CC(=O)O)CNC1. The Morgan fingerprint density at radius 1 is 1.41 bits per heavy atom. The van der Waals surface area contributed by atoms with E-state index in [0.717, 1.165) is 26.1 Å². The fourth-order valence-corrected chi connectivity index (χ4v) is 1.80. The predicted molar refractivity (Wildman–Crippen MR) is 63.2 cm³/mol. The minimum absolute atomic E-state index is 0.171. The van der Waals surface area contributed by atoms with Gasteiger partial charge in [-0.1, -0.05) is 0 Å². The van der Waals surface area contributed by atoms with Crippen LogP contribution in [0.1, 0.15) is 12.8 Å². The summed E-state index contributed by atoms with van der Waals surface area (Å²) >= 11 is 0. The van der Waals surface area contributed by atoms with Crippen LogP contribution < -0.4 is 10.6 Å². The molecule has 1 fully saturated rings. The van der Waals surface area contributed by atoms with Crippen LogP contribution in [0, 0.1) is 0 Å². The molecular weight excluding hydrogens is 224 g/mol. The van der Waals surface area contributed by atoms with Gasteiger partial charge in [-0.15, -0.1) is 0 Å². The van der Waals surface area contributed by atoms with Crippen LogP contribution in [0.15, 0.2) is 0 Å². The van der Waals surface area contributed by atoms with Crippen LogP contribution in [0.5, 0.6) is 0 Å². The first-order chi connectivity index (χ1) is 8.18. The number of rotatable bonds is 10. The molecule has 6 nitrogen and oxygen atoms in total.